The molecule has 0 aliphatic heterocycles. The number of carbonyl (C=O) groups excluding carboxylic acids is 2. The van der Waals surface area contributed by atoms with Crippen molar-refractivity contribution in [2.75, 3.05) is 47.5 Å². The predicted molar refractivity (Wildman–Crippen MR) is 245 cm³/mol. The highest BCUT2D eigenvalue weighted by atomic mass is 31.2. The molecule has 9 nitrogen and oxygen atoms in total. The number of quaternary nitrogens is 1. The number of unbranched alkanes of at least 4 members (excludes halogenated alkanes) is 19. The van der Waals surface area contributed by atoms with Crippen LogP contribution in [-0.2, 0) is 32.7 Å². The first-order valence-corrected chi connectivity index (χ1v) is 24.7. The summed E-state index contributed by atoms with van der Waals surface area (Å²) in [6.07, 6.45) is 51.0. The molecule has 0 rings (SSSR count). The molecule has 0 bridgehead atoms. The first-order chi connectivity index (χ1) is 28.5. The summed E-state index contributed by atoms with van der Waals surface area (Å²) in [6, 6.07) is 0. The van der Waals surface area contributed by atoms with Crippen LogP contribution in [-0.4, -0.2) is 70.0 Å². The molecule has 10 heteroatoms. The van der Waals surface area contributed by atoms with E-state index in [1.807, 2.05) is 75.8 Å². The number of hydrogen-bond acceptors (Lipinski definition) is 8. The lowest BCUT2D eigenvalue weighted by molar-refractivity contribution is -0.870. The molecule has 59 heavy (non-hydrogen) atoms. The number of carbonyl (C=O) groups is 2. The molecule has 0 aromatic carbocycles. The number of allylic oxidation sites excluding steroid dienone is 12. The summed E-state index contributed by atoms with van der Waals surface area (Å²) in [5.74, 6) is -0.930. The molecule has 0 saturated carbocycles. The lowest BCUT2D eigenvalue weighted by atomic mass is 10.0. The number of phosphoric ester groups is 1. The van der Waals surface area contributed by atoms with Crippen molar-refractivity contribution in [1.29, 1.82) is 0 Å². The van der Waals surface area contributed by atoms with Crippen LogP contribution in [0.2, 0.25) is 0 Å². The quantitative estimate of drug-likeness (QED) is 0.0149. The van der Waals surface area contributed by atoms with Gasteiger partial charge in [0.15, 0.2) is 6.10 Å². The molecule has 0 aliphatic rings. The molecule has 0 aromatic rings. The molecule has 0 aliphatic carbocycles. The Balaban J connectivity index is 4.33. The molecule has 340 valence electrons. The van der Waals surface area contributed by atoms with Crippen molar-refractivity contribution in [3.63, 3.8) is 0 Å². The van der Waals surface area contributed by atoms with Gasteiger partial charge in [0.05, 0.1) is 27.7 Å². The van der Waals surface area contributed by atoms with E-state index >= 15 is 0 Å². The fraction of sp³-hybridized carbons (Fsp3) is 0.714. The fourth-order valence-corrected chi connectivity index (χ4v) is 6.70. The molecule has 0 fully saturated rings. The van der Waals surface area contributed by atoms with E-state index in [4.69, 9.17) is 18.5 Å². The topological polar surface area (TPSA) is 111 Å². The lowest BCUT2D eigenvalue weighted by Crippen LogP contribution is -2.37. The van der Waals surface area contributed by atoms with E-state index in [0.717, 1.165) is 32.1 Å². The minimum absolute atomic E-state index is 0.0483. The van der Waals surface area contributed by atoms with Crippen molar-refractivity contribution < 1.29 is 42.1 Å². The second-order valence-electron chi connectivity index (χ2n) is 16.5. The number of nitrogens with zero attached hydrogens (tertiary/aromatic N) is 1. The summed E-state index contributed by atoms with van der Waals surface area (Å²) in [4.78, 5) is 37.5. The molecule has 0 spiro atoms. The van der Waals surface area contributed by atoms with Crippen LogP contribution >= 0.6 is 7.82 Å². The SMILES string of the molecule is CC/C=C/C=C/C=C/C=C/C=C/CCCC(=O)OC(COC(=O)CCCCCCCCC/C=C/CCCCCCCCCCCCC)COP(=O)([O-])OCC[N+](C)(C)C. The first kappa shape index (κ1) is 56.5. The van der Waals surface area contributed by atoms with Gasteiger partial charge in [-0.3, -0.25) is 14.2 Å². The molecule has 0 heterocycles. The zero-order chi connectivity index (χ0) is 43.6. The summed E-state index contributed by atoms with van der Waals surface area (Å²) in [6.45, 7) is 3.98. The van der Waals surface area contributed by atoms with Gasteiger partial charge in [0, 0.05) is 12.8 Å². The Bertz CT molecular complexity index is 1230. The summed E-state index contributed by atoms with van der Waals surface area (Å²) in [7, 11) is 1.11. The Morgan fingerprint density at radius 3 is 1.53 bits per heavy atom. The van der Waals surface area contributed by atoms with E-state index in [1.165, 1.54) is 96.3 Å². The third kappa shape index (κ3) is 44.8. The van der Waals surface area contributed by atoms with Gasteiger partial charge in [-0.05, 0) is 51.4 Å². The summed E-state index contributed by atoms with van der Waals surface area (Å²) in [5.41, 5.74) is 0. The lowest BCUT2D eigenvalue weighted by Gasteiger charge is -2.28. The molecule has 0 aromatic heterocycles. The number of hydrogen-bond donors (Lipinski definition) is 0. The second kappa shape index (κ2) is 40.8. The molecular formula is C49H86NO8P. The van der Waals surface area contributed by atoms with Crippen LogP contribution in [0.3, 0.4) is 0 Å². The highest BCUT2D eigenvalue weighted by Crippen LogP contribution is 2.38. The molecule has 0 amide bonds. The molecule has 2 unspecified atom stereocenters. The average Bonchev–Trinajstić information content (AvgIpc) is 3.19. The Hall–Kier alpha value is -2.55. The number of phosphoric acid groups is 1. The van der Waals surface area contributed by atoms with Crippen molar-refractivity contribution in [3.05, 3.63) is 72.9 Å². The maximum atomic E-state index is 12.6. The fourth-order valence-electron chi connectivity index (χ4n) is 5.97. The summed E-state index contributed by atoms with van der Waals surface area (Å²) < 4.78 is 33.8. The van der Waals surface area contributed by atoms with Gasteiger partial charge in [-0.25, -0.2) is 0 Å². The van der Waals surface area contributed by atoms with Crippen molar-refractivity contribution in [3.8, 4) is 0 Å². The Kier molecular flexibility index (Phi) is 39.1. The largest absolute Gasteiger partial charge is 0.756 e. The number of esters is 2. The Labute approximate surface area is 361 Å². The van der Waals surface area contributed by atoms with Crippen LogP contribution in [0.5, 0.6) is 0 Å². The second-order valence-corrected chi connectivity index (χ2v) is 17.9. The van der Waals surface area contributed by atoms with Crippen LogP contribution in [0, 0.1) is 0 Å². The summed E-state index contributed by atoms with van der Waals surface area (Å²) in [5, 5.41) is 0. The number of rotatable bonds is 41. The van der Waals surface area contributed by atoms with Crippen LogP contribution < -0.4 is 4.89 Å². The van der Waals surface area contributed by atoms with Crippen LogP contribution in [0.15, 0.2) is 72.9 Å². The van der Waals surface area contributed by atoms with E-state index in [9.17, 15) is 19.0 Å². The van der Waals surface area contributed by atoms with Crippen molar-refractivity contribution in [2.24, 2.45) is 0 Å². The van der Waals surface area contributed by atoms with E-state index in [-0.39, 0.29) is 26.1 Å². The van der Waals surface area contributed by atoms with E-state index in [0.29, 0.717) is 30.3 Å². The standard InChI is InChI=1S/C49H86NO8P/c1-6-8-10-12-14-16-18-20-21-22-23-24-25-26-27-28-30-31-33-35-37-39-41-48(51)55-45-47(46-57-59(53,54)56-44-43-50(3,4)5)58-49(52)42-40-38-36-34-32-29-19-17-15-13-11-9-7-2/h9,11,13,15,17,19,25-26,29,32,34,36,47H,6-8,10,12,14,16,18,20-24,27-28,30-31,33,35,37-46H2,1-5H3/b11-9+,15-13+,19-17+,26-25+,32-29+,36-34+. The molecular weight excluding hydrogens is 762 g/mol. The van der Waals surface area contributed by atoms with Gasteiger partial charge >= 0.3 is 11.9 Å². The average molecular weight is 848 g/mol. The predicted octanol–water partition coefficient (Wildman–Crippen LogP) is 12.8. The maximum Gasteiger partial charge on any atom is 0.306 e. The Morgan fingerprint density at radius 1 is 0.542 bits per heavy atom. The zero-order valence-corrected chi connectivity index (χ0v) is 39.1. The van der Waals surface area contributed by atoms with Gasteiger partial charge in [0.1, 0.15) is 19.8 Å². The van der Waals surface area contributed by atoms with Gasteiger partial charge in [-0.15, -0.1) is 0 Å². The van der Waals surface area contributed by atoms with Crippen molar-refractivity contribution in [1.82, 2.24) is 0 Å². The van der Waals surface area contributed by atoms with E-state index in [1.54, 1.807) is 0 Å². The van der Waals surface area contributed by atoms with Crippen molar-refractivity contribution >= 4 is 19.8 Å². The first-order valence-electron chi connectivity index (χ1n) is 23.2. The van der Waals surface area contributed by atoms with Gasteiger partial charge < -0.3 is 27.9 Å². The monoisotopic (exact) mass is 848 g/mol. The van der Waals surface area contributed by atoms with E-state index < -0.39 is 32.5 Å². The minimum atomic E-state index is -4.65. The maximum absolute atomic E-state index is 12.6. The number of ether oxygens (including phenoxy) is 2. The van der Waals surface area contributed by atoms with Gasteiger partial charge in [-0.2, -0.15) is 0 Å². The van der Waals surface area contributed by atoms with Crippen LogP contribution in [0.4, 0.5) is 0 Å². The normalized spacial score (nSPS) is 14.2. The Morgan fingerprint density at radius 2 is 1.00 bits per heavy atom. The van der Waals surface area contributed by atoms with Gasteiger partial charge in [0.2, 0.25) is 0 Å². The molecule has 2 atom stereocenters. The van der Waals surface area contributed by atoms with E-state index in [2.05, 4.69) is 32.1 Å². The molecule has 0 saturated heterocycles. The van der Waals surface area contributed by atoms with Gasteiger partial charge in [-0.1, -0.05) is 183 Å². The van der Waals surface area contributed by atoms with Crippen molar-refractivity contribution in [2.45, 2.75) is 180 Å². The zero-order valence-electron chi connectivity index (χ0n) is 38.2. The van der Waals surface area contributed by atoms with Gasteiger partial charge in [0.25, 0.3) is 7.82 Å². The minimum Gasteiger partial charge on any atom is -0.756 e. The highest BCUT2D eigenvalue weighted by molar-refractivity contribution is 7.45. The smallest absolute Gasteiger partial charge is 0.306 e. The third-order valence-corrected chi connectivity index (χ3v) is 10.6. The molecule has 0 radical (unpaired) electrons. The third-order valence-electron chi connectivity index (χ3n) is 9.59. The highest BCUT2D eigenvalue weighted by Gasteiger charge is 2.21. The number of likely N-dealkylation sites (N-methyl/N-ethyl adjacent to an activating group) is 1. The van der Waals surface area contributed by atoms with Crippen LogP contribution in [0.1, 0.15) is 174 Å². The summed E-state index contributed by atoms with van der Waals surface area (Å²) >= 11 is 0. The molecule has 0 N–H and O–H groups in total. The van der Waals surface area contributed by atoms with Crippen LogP contribution in [0.25, 0.3) is 0 Å².